The third-order valence-electron chi connectivity index (χ3n) is 4.82. The zero-order chi connectivity index (χ0) is 17.4. The highest BCUT2D eigenvalue weighted by molar-refractivity contribution is 9.10. The van der Waals surface area contributed by atoms with Crippen LogP contribution in [-0.2, 0) is 11.3 Å². The molecule has 0 bridgehead atoms. The number of benzene rings is 1. The van der Waals surface area contributed by atoms with E-state index in [0.717, 1.165) is 41.1 Å². The number of H-pyrrole nitrogens is 1. The molecule has 0 atom stereocenters. The van der Waals surface area contributed by atoms with Crippen molar-refractivity contribution in [3.8, 4) is 0 Å². The minimum atomic E-state index is -0.226. The van der Waals surface area contributed by atoms with Gasteiger partial charge in [-0.2, -0.15) is 0 Å². The summed E-state index contributed by atoms with van der Waals surface area (Å²) < 4.78 is 2.30. The summed E-state index contributed by atoms with van der Waals surface area (Å²) in [6.45, 7) is -0.00265. The molecule has 6 nitrogen and oxygen atoms in total. The van der Waals surface area contributed by atoms with Gasteiger partial charge in [-0.05, 0) is 31.0 Å². The maximum Gasteiger partial charge on any atom is 0.278 e. The summed E-state index contributed by atoms with van der Waals surface area (Å²) in [5.41, 5.74) is 1.69. The summed E-state index contributed by atoms with van der Waals surface area (Å²) in [4.78, 5) is 32.5. The summed E-state index contributed by atoms with van der Waals surface area (Å²) in [5, 5.41) is 3.92. The van der Waals surface area contributed by atoms with Gasteiger partial charge in [-0.1, -0.05) is 35.2 Å². The Morgan fingerprint density at radius 3 is 2.92 bits per heavy atom. The molecule has 1 fully saturated rings. The molecule has 0 radical (unpaired) electrons. The van der Waals surface area contributed by atoms with Crippen LogP contribution in [0.25, 0.3) is 21.9 Å². The van der Waals surface area contributed by atoms with Gasteiger partial charge >= 0.3 is 0 Å². The third-order valence-corrected chi connectivity index (χ3v) is 5.31. The lowest BCUT2D eigenvalue weighted by Gasteiger charge is -2.22. The fourth-order valence-electron chi connectivity index (χ4n) is 3.55. The first-order valence-electron chi connectivity index (χ1n) is 8.57. The van der Waals surface area contributed by atoms with Gasteiger partial charge < -0.3 is 10.3 Å². The maximum absolute atomic E-state index is 12.7. The molecular formula is C18H19BrN4O2. The molecule has 0 saturated heterocycles. The normalized spacial score (nSPS) is 15.7. The van der Waals surface area contributed by atoms with Crippen molar-refractivity contribution in [2.45, 2.75) is 44.7 Å². The Labute approximate surface area is 152 Å². The SMILES string of the molecule is O=C(Cn1cnc2c([nH]c3ccc(Br)cc32)c1=O)NC1CCCCC1. The van der Waals surface area contributed by atoms with E-state index < -0.39 is 0 Å². The second kappa shape index (κ2) is 6.63. The molecule has 25 heavy (non-hydrogen) atoms. The van der Waals surface area contributed by atoms with Crippen LogP contribution in [0.4, 0.5) is 0 Å². The maximum atomic E-state index is 12.7. The van der Waals surface area contributed by atoms with Crippen LogP contribution in [0.5, 0.6) is 0 Å². The van der Waals surface area contributed by atoms with E-state index >= 15 is 0 Å². The molecular weight excluding hydrogens is 384 g/mol. The number of carbonyl (C=O) groups is 1. The Balaban J connectivity index is 1.62. The Morgan fingerprint density at radius 1 is 1.32 bits per heavy atom. The predicted molar refractivity (Wildman–Crippen MR) is 101 cm³/mol. The minimum Gasteiger partial charge on any atom is -0.352 e. The summed E-state index contributed by atoms with van der Waals surface area (Å²) in [5.74, 6) is -0.131. The van der Waals surface area contributed by atoms with Crippen molar-refractivity contribution >= 4 is 43.8 Å². The van der Waals surface area contributed by atoms with Gasteiger partial charge in [0.25, 0.3) is 5.56 Å². The monoisotopic (exact) mass is 402 g/mol. The molecule has 1 aliphatic carbocycles. The van der Waals surface area contributed by atoms with Gasteiger partial charge in [0.2, 0.25) is 5.91 Å². The van der Waals surface area contributed by atoms with Gasteiger partial charge in [-0.15, -0.1) is 0 Å². The van der Waals surface area contributed by atoms with Gasteiger partial charge in [-0.3, -0.25) is 14.2 Å². The van der Waals surface area contributed by atoms with E-state index in [0.29, 0.717) is 11.0 Å². The number of nitrogens with zero attached hydrogens (tertiary/aromatic N) is 2. The van der Waals surface area contributed by atoms with Crippen LogP contribution in [0, 0.1) is 0 Å². The zero-order valence-electron chi connectivity index (χ0n) is 13.7. The molecule has 130 valence electrons. The molecule has 1 aromatic carbocycles. The van der Waals surface area contributed by atoms with E-state index in [4.69, 9.17) is 0 Å². The van der Waals surface area contributed by atoms with E-state index in [1.165, 1.54) is 17.3 Å². The lowest BCUT2D eigenvalue weighted by atomic mass is 9.95. The highest BCUT2D eigenvalue weighted by Gasteiger charge is 2.17. The number of amides is 1. The van der Waals surface area contributed by atoms with E-state index in [1.807, 2.05) is 18.2 Å². The highest BCUT2D eigenvalue weighted by Crippen LogP contribution is 2.24. The molecule has 2 N–H and O–H groups in total. The van der Waals surface area contributed by atoms with E-state index in [2.05, 4.69) is 31.2 Å². The van der Waals surface area contributed by atoms with Gasteiger partial charge in [0, 0.05) is 21.4 Å². The van der Waals surface area contributed by atoms with Crippen molar-refractivity contribution in [1.82, 2.24) is 19.9 Å². The predicted octanol–water partition coefficient (Wildman–Crippen LogP) is 3.09. The van der Waals surface area contributed by atoms with Crippen LogP contribution in [-0.4, -0.2) is 26.5 Å². The topological polar surface area (TPSA) is 79.8 Å². The number of aromatic nitrogens is 3. The Kier molecular flexibility index (Phi) is 4.33. The number of hydrogen-bond acceptors (Lipinski definition) is 3. The van der Waals surface area contributed by atoms with Crippen LogP contribution >= 0.6 is 15.9 Å². The van der Waals surface area contributed by atoms with Gasteiger partial charge in [0.1, 0.15) is 17.6 Å². The molecule has 7 heteroatoms. The molecule has 0 aliphatic heterocycles. The summed E-state index contributed by atoms with van der Waals surface area (Å²) in [7, 11) is 0. The molecule has 1 saturated carbocycles. The molecule has 1 amide bonds. The van der Waals surface area contributed by atoms with Crippen molar-refractivity contribution < 1.29 is 4.79 Å². The fourth-order valence-corrected chi connectivity index (χ4v) is 3.91. The quantitative estimate of drug-likeness (QED) is 0.706. The smallest absolute Gasteiger partial charge is 0.278 e. The molecule has 1 aliphatic rings. The fraction of sp³-hybridized carbons (Fsp3) is 0.389. The minimum absolute atomic E-state index is 0.00265. The highest BCUT2D eigenvalue weighted by atomic mass is 79.9. The number of hydrogen-bond donors (Lipinski definition) is 2. The molecule has 0 unspecified atom stereocenters. The van der Waals surface area contributed by atoms with Crippen LogP contribution < -0.4 is 10.9 Å². The van der Waals surface area contributed by atoms with Crippen molar-refractivity contribution in [3.63, 3.8) is 0 Å². The molecule has 2 aromatic heterocycles. The van der Waals surface area contributed by atoms with Crippen LogP contribution in [0.3, 0.4) is 0 Å². The van der Waals surface area contributed by atoms with Crippen LogP contribution in [0.1, 0.15) is 32.1 Å². The molecule has 4 rings (SSSR count). The van der Waals surface area contributed by atoms with E-state index in [1.54, 1.807) is 0 Å². The first kappa shape index (κ1) is 16.3. The number of halogens is 1. The number of carbonyl (C=O) groups excluding carboxylic acids is 1. The van der Waals surface area contributed by atoms with Crippen LogP contribution in [0.2, 0.25) is 0 Å². The van der Waals surface area contributed by atoms with Crippen LogP contribution in [0.15, 0.2) is 33.8 Å². The van der Waals surface area contributed by atoms with Gasteiger partial charge in [-0.25, -0.2) is 4.98 Å². The molecule has 3 aromatic rings. The van der Waals surface area contributed by atoms with Gasteiger partial charge in [0.05, 0.1) is 6.33 Å². The molecule has 2 heterocycles. The van der Waals surface area contributed by atoms with Crippen molar-refractivity contribution in [3.05, 3.63) is 39.4 Å². The average Bonchev–Trinajstić information content (AvgIpc) is 2.97. The Morgan fingerprint density at radius 2 is 2.12 bits per heavy atom. The standard InChI is InChI=1S/C18H19BrN4O2/c19-11-6-7-14-13(8-11)16-17(22-14)18(25)23(10-20-16)9-15(24)21-12-4-2-1-3-5-12/h6-8,10,12,22H,1-5,9H2,(H,21,24). The number of aromatic amines is 1. The summed E-state index contributed by atoms with van der Waals surface area (Å²) in [6.07, 6.45) is 7.05. The number of fused-ring (bicyclic) bond motifs is 3. The van der Waals surface area contributed by atoms with Gasteiger partial charge in [0.15, 0.2) is 0 Å². The molecule has 0 spiro atoms. The average molecular weight is 403 g/mol. The zero-order valence-corrected chi connectivity index (χ0v) is 15.3. The second-order valence-electron chi connectivity index (χ2n) is 6.62. The largest absolute Gasteiger partial charge is 0.352 e. The second-order valence-corrected chi connectivity index (χ2v) is 7.53. The lowest BCUT2D eigenvalue weighted by molar-refractivity contribution is -0.122. The number of nitrogens with one attached hydrogen (secondary N) is 2. The third kappa shape index (κ3) is 3.20. The first-order chi connectivity index (χ1) is 12.1. The van der Waals surface area contributed by atoms with Crippen molar-refractivity contribution in [2.24, 2.45) is 0 Å². The van der Waals surface area contributed by atoms with Crippen molar-refractivity contribution in [1.29, 1.82) is 0 Å². The van der Waals surface area contributed by atoms with Crippen molar-refractivity contribution in [2.75, 3.05) is 0 Å². The summed E-state index contributed by atoms with van der Waals surface area (Å²) in [6, 6.07) is 5.98. The Hall–Kier alpha value is -2.15. The van der Waals surface area contributed by atoms with E-state index in [9.17, 15) is 9.59 Å². The first-order valence-corrected chi connectivity index (χ1v) is 9.37. The van der Waals surface area contributed by atoms with E-state index in [-0.39, 0.29) is 24.1 Å². The Bertz CT molecular complexity index is 1000. The lowest BCUT2D eigenvalue weighted by Crippen LogP contribution is -2.39. The summed E-state index contributed by atoms with van der Waals surface area (Å²) >= 11 is 3.44. The number of rotatable bonds is 3.